The van der Waals surface area contributed by atoms with Gasteiger partial charge in [-0.15, -0.1) is 0 Å². The molecular weight excluding hydrogens is 216 g/mol. The van der Waals surface area contributed by atoms with Gasteiger partial charge in [-0.2, -0.15) is 0 Å². The average Bonchev–Trinajstić information content (AvgIpc) is 2.39. The first-order chi connectivity index (χ1) is 8.17. The third-order valence-corrected chi connectivity index (χ3v) is 3.33. The van der Waals surface area contributed by atoms with E-state index in [0.717, 1.165) is 32.3 Å². The fraction of sp³-hybridized carbons (Fsp3) is 0.917. The molecule has 0 amide bonds. The lowest BCUT2D eigenvalue weighted by atomic mass is 9.90. The van der Waals surface area contributed by atoms with E-state index in [1.165, 1.54) is 0 Å². The van der Waals surface area contributed by atoms with Gasteiger partial charge in [0.15, 0.2) is 0 Å². The molecule has 0 saturated carbocycles. The van der Waals surface area contributed by atoms with Gasteiger partial charge in [0.2, 0.25) is 5.96 Å². The standard InChI is InChI=1S/C12H28N4O/c1-5-12(6-2,7-3)15-11(16-13)14-9-8-10-17-4/h5-10,13H2,1-4H3,(H2,14,15,16). The van der Waals surface area contributed by atoms with Crippen LogP contribution in [0.15, 0.2) is 4.99 Å². The zero-order valence-corrected chi connectivity index (χ0v) is 11.7. The van der Waals surface area contributed by atoms with Gasteiger partial charge >= 0.3 is 0 Å². The van der Waals surface area contributed by atoms with E-state index in [2.05, 4.69) is 36.5 Å². The van der Waals surface area contributed by atoms with Gasteiger partial charge in [-0.3, -0.25) is 10.4 Å². The summed E-state index contributed by atoms with van der Waals surface area (Å²) in [6, 6.07) is 0. The number of hydrogen-bond donors (Lipinski definition) is 3. The first-order valence-corrected chi connectivity index (χ1v) is 6.46. The molecular formula is C12H28N4O. The lowest BCUT2D eigenvalue weighted by Crippen LogP contribution is -2.53. The Bertz CT molecular complexity index is 206. The van der Waals surface area contributed by atoms with Crippen LogP contribution in [0.1, 0.15) is 46.5 Å². The van der Waals surface area contributed by atoms with Crippen molar-refractivity contribution < 1.29 is 4.74 Å². The summed E-state index contributed by atoms with van der Waals surface area (Å²) in [7, 11) is 1.69. The van der Waals surface area contributed by atoms with E-state index < -0.39 is 0 Å². The maximum atomic E-state index is 5.48. The third kappa shape index (κ3) is 5.89. The highest BCUT2D eigenvalue weighted by Crippen LogP contribution is 2.18. The van der Waals surface area contributed by atoms with Crippen LogP contribution in [0.5, 0.6) is 0 Å². The molecule has 0 fully saturated rings. The minimum Gasteiger partial charge on any atom is -0.385 e. The van der Waals surface area contributed by atoms with Crippen molar-refractivity contribution in [2.75, 3.05) is 20.3 Å². The highest BCUT2D eigenvalue weighted by Gasteiger charge is 2.24. The number of guanidine groups is 1. The molecule has 0 aliphatic heterocycles. The number of nitrogens with two attached hydrogens (primary N) is 1. The molecule has 0 unspecified atom stereocenters. The van der Waals surface area contributed by atoms with Crippen LogP contribution in [0.4, 0.5) is 0 Å². The van der Waals surface area contributed by atoms with Crippen LogP contribution in [-0.4, -0.2) is 31.8 Å². The van der Waals surface area contributed by atoms with Gasteiger partial charge in [-0.1, -0.05) is 20.8 Å². The molecule has 0 saturated heterocycles. The summed E-state index contributed by atoms with van der Waals surface area (Å²) in [6.07, 6.45) is 4.07. The summed E-state index contributed by atoms with van der Waals surface area (Å²) in [5.74, 6) is 6.16. The van der Waals surface area contributed by atoms with Crippen molar-refractivity contribution in [3.63, 3.8) is 0 Å². The number of nitrogens with zero attached hydrogens (tertiary/aromatic N) is 1. The van der Waals surface area contributed by atoms with E-state index in [9.17, 15) is 0 Å². The molecule has 4 N–H and O–H groups in total. The second-order valence-corrected chi connectivity index (χ2v) is 4.19. The molecule has 0 heterocycles. The molecule has 0 atom stereocenters. The Labute approximate surface area is 105 Å². The fourth-order valence-corrected chi connectivity index (χ4v) is 1.79. The summed E-state index contributed by atoms with van der Waals surface area (Å²) >= 11 is 0. The summed E-state index contributed by atoms with van der Waals surface area (Å²) in [5.41, 5.74) is 2.72. The lowest BCUT2D eigenvalue weighted by Gasteiger charge is -2.33. The van der Waals surface area contributed by atoms with Crippen molar-refractivity contribution >= 4 is 5.96 Å². The van der Waals surface area contributed by atoms with Crippen molar-refractivity contribution in [2.45, 2.75) is 52.0 Å². The molecule has 0 rings (SSSR count). The molecule has 5 heteroatoms. The van der Waals surface area contributed by atoms with Crippen molar-refractivity contribution in [1.29, 1.82) is 0 Å². The van der Waals surface area contributed by atoms with Gasteiger partial charge in [-0.05, 0) is 25.7 Å². The quantitative estimate of drug-likeness (QED) is 0.198. The highest BCUT2D eigenvalue weighted by molar-refractivity contribution is 5.79. The Morgan fingerprint density at radius 2 is 1.82 bits per heavy atom. The molecule has 0 radical (unpaired) electrons. The number of methoxy groups -OCH3 is 1. The van der Waals surface area contributed by atoms with Gasteiger partial charge in [0.1, 0.15) is 0 Å². The Morgan fingerprint density at radius 3 is 2.24 bits per heavy atom. The number of nitrogens with one attached hydrogen (secondary N) is 2. The van der Waals surface area contributed by atoms with Crippen molar-refractivity contribution in [1.82, 2.24) is 10.7 Å². The number of hydrogen-bond acceptors (Lipinski definition) is 3. The summed E-state index contributed by atoms with van der Waals surface area (Å²) < 4.78 is 4.98. The monoisotopic (exact) mass is 244 g/mol. The van der Waals surface area contributed by atoms with Gasteiger partial charge in [-0.25, -0.2) is 5.84 Å². The van der Waals surface area contributed by atoms with Crippen LogP contribution >= 0.6 is 0 Å². The summed E-state index contributed by atoms with van der Waals surface area (Å²) in [6.45, 7) is 7.98. The predicted octanol–water partition coefficient (Wildman–Crippen LogP) is 1.40. The molecule has 0 bridgehead atoms. The zero-order chi connectivity index (χ0) is 13.1. The van der Waals surface area contributed by atoms with Gasteiger partial charge < -0.3 is 10.1 Å². The van der Waals surface area contributed by atoms with E-state index in [4.69, 9.17) is 10.6 Å². The molecule has 17 heavy (non-hydrogen) atoms. The zero-order valence-electron chi connectivity index (χ0n) is 11.7. The number of ether oxygens (including phenoxy) is 1. The van der Waals surface area contributed by atoms with E-state index in [0.29, 0.717) is 12.5 Å². The molecule has 0 aliphatic rings. The number of aliphatic imine (C=N–C) groups is 1. The van der Waals surface area contributed by atoms with Crippen molar-refractivity contribution in [2.24, 2.45) is 10.8 Å². The summed E-state index contributed by atoms with van der Waals surface area (Å²) in [4.78, 5) is 4.40. The first-order valence-electron chi connectivity index (χ1n) is 6.46. The molecule has 0 aromatic heterocycles. The molecule has 5 nitrogen and oxygen atoms in total. The SMILES string of the molecule is CCC(CC)(CC)NC(=NCCCOC)NN. The van der Waals surface area contributed by atoms with Crippen LogP contribution in [0.25, 0.3) is 0 Å². The molecule has 0 aromatic carbocycles. The van der Waals surface area contributed by atoms with E-state index >= 15 is 0 Å². The first kappa shape index (κ1) is 16.2. The second kappa shape index (κ2) is 9.24. The minimum absolute atomic E-state index is 0.0897. The molecule has 0 aromatic rings. The highest BCUT2D eigenvalue weighted by atomic mass is 16.5. The van der Waals surface area contributed by atoms with Crippen LogP contribution in [0, 0.1) is 0 Å². The van der Waals surface area contributed by atoms with E-state index in [1.54, 1.807) is 7.11 Å². The number of hydrazine groups is 1. The van der Waals surface area contributed by atoms with Crippen LogP contribution in [0.2, 0.25) is 0 Å². The fourth-order valence-electron chi connectivity index (χ4n) is 1.79. The predicted molar refractivity (Wildman–Crippen MR) is 72.9 cm³/mol. The van der Waals surface area contributed by atoms with Gasteiger partial charge in [0.25, 0.3) is 0 Å². The normalized spacial score (nSPS) is 12.6. The van der Waals surface area contributed by atoms with Gasteiger partial charge in [0, 0.05) is 25.8 Å². The Balaban J connectivity index is 4.35. The molecule has 102 valence electrons. The largest absolute Gasteiger partial charge is 0.385 e. The van der Waals surface area contributed by atoms with Crippen molar-refractivity contribution in [3.05, 3.63) is 0 Å². The van der Waals surface area contributed by atoms with Crippen molar-refractivity contribution in [3.8, 4) is 0 Å². The van der Waals surface area contributed by atoms with E-state index in [1.807, 2.05) is 0 Å². The average molecular weight is 244 g/mol. The third-order valence-electron chi connectivity index (χ3n) is 3.33. The molecule has 0 spiro atoms. The van der Waals surface area contributed by atoms with Crippen LogP contribution < -0.4 is 16.6 Å². The van der Waals surface area contributed by atoms with Crippen LogP contribution in [0.3, 0.4) is 0 Å². The smallest absolute Gasteiger partial charge is 0.206 e. The Hall–Kier alpha value is -0.810. The van der Waals surface area contributed by atoms with Crippen LogP contribution in [-0.2, 0) is 4.74 Å². The van der Waals surface area contributed by atoms with Gasteiger partial charge in [0.05, 0.1) is 0 Å². The number of rotatable bonds is 8. The maximum Gasteiger partial charge on any atom is 0.206 e. The van der Waals surface area contributed by atoms with E-state index in [-0.39, 0.29) is 5.54 Å². The summed E-state index contributed by atoms with van der Waals surface area (Å²) in [5, 5.41) is 3.42. The Morgan fingerprint density at radius 1 is 1.24 bits per heavy atom. The topological polar surface area (TPSA) is 71.7 Å². The minimum atomic E-state index is 0.0897. The second-order valence-electron chi connectivity index (χ2n) is 4.19. The Kier molecular flexibility index (Phi) is 8.80. The lowest BCUT2D eigenvalue weighted by molar-refractivity contribution is 0.197. The molecule has 0 aliphatic carbocycles. The maximum absolute atomic E-state index is 5.48.